The molecule has 3 rings (SSSR count). The Morgan fingerprint density at radius 1 is 1.08 bits per heavy atom. The summed E-state index contributed by atoms with van der Waals surface area (Å²) in [5.41, 5.74) is 1.24. The van der Waals surface area contributed by atoms with E-state index in [9.17, 15) is 4.79 Å². The van der Waals surface area contributed by atoms with Crippen molar-refractivity contribution in [3.63, 3.8) is 0 Å². The Labute approximate surface area is 156 Å². The molecule has 0 spiro atoms. The summed E-state index contributed by atoms with van der Waals surface area (Å²) in [5, 5.41) is 0. The number of carbonyl (C=O) groups excluding carboxylic acids is 1. The van der Waals surface area contributed by atoms with E-state index in [0.29, 0.717) is 12.3 Å². The van der Waals surface area contributed by atoms with E-state index in [1.54, 1.807) is 0 Å². The number of aromatic nitrogens is 2. The molecule has 1 amide bonds. The number of hydrogen-bond acceptors (Lipinski definition) is 3. The molecule has 2 aromatic rings. The molecule has 0 bridgehead atoms. The third kappa shape index (κ3) is 4.94. The zero-order valence-corrected chi connectivity index (χ0v) is 16.0. The van der Waals surface area contributed by atoms with Gasteiger partial charge in [-0.2, -0.15) is 0 Å². The Hall–Kier alpha value is -2.14. The van der Waals surface area contributed by atoms with E-state index in [1.807, 2.05) is 29.3 Å². The van der Waals surface area contributed by atoms with Gasteiger partial charge in [-0.3, -0.25) is 9.69 Å². The molecular weight excluding hydrogens is 324 g/mol. The zero-order chi connectivity index (χ0) is 18.4. The van der Waals surface area contributed by atoms with Gasteiger partial charge in [0.15, 0.2) is 0 Å². The lowest BCUT2D eigenvalue weighted by Crippen LogP contribution is -2.49. The monoisotopic (exact) mass is 354 g/mol. The van der Waals surface area contributed by atoms with Gasteiger partial charge >= 0.3 is 0 Å². The lowest BCUT2D eigenvalue weighted by Gasteiger charge is -2.35. The Kier molecular flexibility index (Phi) is 6.45. The molecule has 0 radical (unpaired) electrons. The maximum Gasteiger partial charge on any atom is 0.222 e. The predicted molar refractivity (Wildman–Crippen MR) is 104 cm³/mol. The molecule has 1 aromatic carbocycles. The lowest BCUT2D eigenvalue weighted by atomic mass is 10.1. The Morgan fingerprint density at radius 3 is 2.50 bits per heavy atom. The molecule has 5 nitrogen and oxygen atoms in total. The molecule has 1 aliphatic rings. The van der Waals surface area contributed by atoms with Crippen molar-refractivity contribution in [1.29, 1.82) is 0 Å². The van der Waals surface area contributed by atoms with Crippen LogP contribution in [-0.2, 0) is 17.8 Å². The minimum Gasteiger partial charge on any atom is -0.340 e. The maximum absolute atomic E-state index is 12.4. The van der Waals surface area contributed by atoms with E-state index in [2.05, 4.69) is 46.6 Å². The normalized spacial score (nSPS) is 15.6. The van der Waals surface area contributed by atoms with Gasteiger partial charge in [-0.25, -0.2) is 4.98 Å². The van der Waals surface area contributed by atoms with Crippen LogP contribution in [0.1, 0.15) is 37.6 Å². The van der Waals surface area contributed by atoms with Crippen molar-refractivity contribution in [2.45, 2.75) is 39.2 Å². The smallest absolute Gasteiger partial charge is 0.222 e. The van der Waals surface area contributed by atoms with Crippen LogP contribution in [0.2, 0.25) is 0 Å². The van der Waals surface area contributed by atoms with Crippen LogP contribution in [0, 0.1) is 0 Å². The average molecular weight is 354 g/mol. The molecule has 0 saturated carbocycles. The third-order valence-electron chi connectivity index (χ3n) is 5.12. The average Bonchev–Trinajstić information content (AvgIpc) is 3.15. The molecule has 0 aliphatic carbocycles. The van der Waals surface area contributed by atoms with E-state index in [-0.39, 0.29) is 5.91 Å². The number of imidazole rings is 1. The summed E-state index contributed by atoms with van der Waals surface area (Å²) in [4.78, 5) is 21.4. The fourth-order valence-electron chi connectivity index (χ4n) is 3.53. The Bertz CT molecular complexity index is 687. The van der Waals surface area contributed by atoms with Crippen LogP contribution >= 0.6 is 0 Å². The minimum absolute atomic E-state index is 0.283. The van der Waals surface area contributed by atoms with Crippen LogP contribution in [0.3, 0.4) is 0 Å². The fourth-order valence-corrected chi connectivity index (χ4v) is 3.53. The van der Waals surface area contributed by atoms with Crippen molar-refractivity contribution < 1.29 is 4.79 Å². The van der Waals surface area contributed by atoms with Crippen LogP contribution in [0.4, 0.5) is 0 Å². The first-order valence-corrected chi connectivity index (χ1v) is 9.68. The van der Waals surface area contributed by atoms with Gasteiger partial charge in [-0.15, -0.1) is 0 Å². The lowest BCUT2D eigenvalue weighted by molar-refractivity contribution is -0.132. The zero-order valence-electron chi connectivity index (χ0n) is 16.0. The highest BCUT2D eigenvalue weighted by molar-refractivity contribution is 5.76. The Balaban J connectivity index is 1.39. The molecule has 140 valence electrons. The van der Waals surface area contributed by atoms with Crippen molar-refractivity contribution in [2.24, 2.45) is 0 Å². The Morgan fingerprint density at radius 2 is 1.81 bits per heavy atom. The summed E-state index contributed by atoms with van der Waals surface area (Å²) in [5.74, 6) is 1.88. The summed E-state index contributed by atoms with van der Waals surface area (Å²) >= 11 is 0. The van der Waals surface area contributed by atoms with Gasteiger partial charge in [0.05, 0.1) is 0 Å². The number of hydrogen-bond donors (Lipinski definition) is 0. The second-order valence-electron chi connectivity index (χ2n) is 7.34. The largest absolute Gasteiger partial charge is 0.340 e. The van der Waals surface area contributed by atoms with Gasteiger partial charge in [-0.1, -0.05) is 44.2 Å². The molecule has 0 N–H and O–H groups in total. The predicted octanol–water partition coefficient (Wildman–Crippen LogP) is 2.78. The summed E-state index contributed by atoms with van der Waals surface area (Å²) in [6, 6.07) is 10.3. The second kappa shape index (κ2) is 8.99. The van der Waals surface area contributed by atoms with Crippen molar-refractivity contribution in [2.75, 3.05) is 32.7 Å². The highest BCUT2D eigenvalue weighted by Gasteiger charge is 2.20. The highest BCUT2D eigenvalue weighted by Crippen LogP contribution is 2.12. The number of carbonyl (C=O) groups is 1. The molecule has 1 aromatic heterocycles. The maximum atomic E-state index is 12.4. The number of aryl methyl sites for hydroxylation is 1. The summed E-state index contributed by atoms with van der Waals surface area (Å²) in [6.45, 7) is 9.95. The van der Waals surface area contributed by atoms with Crippen LogP contribution in [0.25, 0.3) is 0 Å². The van der Waals surface area contributed by atoms with Crippen molar-refractivity contribution >= 4 is 5.91 Å². The first-order valence-electron chi connectivity index (χ1n) is 9.68. The number of rotatable bonds is 7. The van der Waals surface area contributed by atoms with Gasteiger partial charge in [0.25, 0.3) is 0 Å². The van der Waals surface area contributed by atoms with Gasteiger partial charge in [0.2, 0.25) is 5.91 Å². The van der Waals surface area contributed by atoms with Gasteiger partial charge < -0.3 is 9.47 Å². The first-order chi connectivity index (χ1) is 12.6. The molecular formula is C21H30N4O. The summed E-state index contributed by atoms with van der Waals surface area (Å²) in [6.07, 6.45) is 5.40. The van der Waals surface area contributed by atoms with Gasteiger partial charge in [0.1, 0.15) is 5.82 Å². The minimum atomic E-state index is 0.283. The molecule has 1 fully saturated rings. The molecule has 0 unspecified atom stereocenters. The van der Waals surface area contributed by atoms with Crippen molar-refractivity contribution in [3.8, 4) is 0 Å². The summed E-state index contributed by atoms with van der Waals surface area (Å²) < 4.78 is 2.25. The van der Waals surface area contributed by atoms with Crippen LogP contribution < -0.4 is 0 Å². The third-order valence-corrected chi connectivity index (χ3v) is 5.12. The van der Waals surface area contributed by atoms with E-state index in [4.69, 9.17) is 0 Å². The quantitative estimate of drug-likeness (QED) is 0.768. The number of benzene rings is 1. The molecule has 1 aliphatic heterocycles. The first kappa shape index (κ1) is 18.6. The van der Waals surface area contributed by atoms with Crippen molar-refractivity contribution in [3.05, 3.63) is 54.1 Å². The van der Waals surface area contributed by atoms with Crippen molar-refractivity contribution in [1.82, 2.24) is 19.4 Å². The van der Waals surface area contributed by atoms with E-state index >= 15 is 0 Å². The fraction of sp³-hybridized carbons (Fsp3) is 0.524. The van der Waals surface area contributed by atoms with Gasteiger partial charge in [-0.05, 0) is 12.0 Å². The molecule has 0 atom stereocenters. The van der Waals surface area contributed by atoms with E-state index in [0.717, 1.165) is 51.5 Å². The molecule has 26 heavy (non-hydrogen) atoms. The second-order valence-corrected chi connectivity index (χ2v) is 7.34. The van der Waals surface area contributed by atoms with Crippen LogP contribution in [0.5, 0.6) is 0 Å². The highest BCUT2D eigenvalue weighted by atomic mass is 16.2. The topological polar surface area (TPSA) is 41.4 Å². The molecule has 1 saturated heterocycles. The molecule has 2 heterocycles. The van der Waals surface area contributed by atoms with Crippen LogP contribution in [-0.4, -0.2) is 58.0 Å². The standard InChI is InChI=1S/C21H30N4O/c1-18(2)21-22-10-11-25(21)17-14-23-12-15-24(16-13-23)20(26)9-8-19-6-4-3-5-7-19/h3-7,10-11,18H,8-9,12-17H2,1-2H3. The number of piperazine rings is 1. The molecule has 5 heteroatoms. The SMILES string of the molecule is CC(C)c1nccn1CCN1CCN(C(=O)CCc2ccccc2)CC1. The number of nitrogens with zero attached hydrogens (tertiary/aromatic N) is 4. The van der Waals surface area contributed by atoms with E-state index < -0.39 is 0 Å². The van der Waals surface area contributed by atoms with Crippen LogP contribution in [0.15, 0.2) is 42.7 Å². The summed E-state index contributed by atoms with van der Waals surface area (Å²) in [7, 11) is 0. The van der Waals surface area contributed by atoms with Gasteiger partial charge in [0, 0.05) is 64.0 Å². The van der Waals surface area contributed by atoms with E-state index in [1.165, 1.54) is 5.56 Å². The number of amides is 1.